The van der Waals surface area contributed by atoms with Crippen LogP contribution in [0.2, 0.25) is 0 Å². The molecule has 7 heteroatoms. The lowest BCUT2D eigenvalue weighted by Crippen LogP contribution is -2.31. The minimum atomic E-state index is -0.678. The highest BCUT2D eigenvalue weighted by atomic mass is 16.3. The smallest absolute Gasteiger partial charge is 0.255 e. The summed E-state index contributed by atoms with van der Waals surface area (Å²) >= 11 is 0. The van der Waals surface area contributed by atoms with Crippen LogP contribution in [0.3, 0.4) is 0 Å². The van der Waals surface area contributed by atoms with Gasteiger partial charge in [-0.3, -0.25) is 14.4 Å². The Morgan fingerprint density at radius 3 is 2.59 bits per heavy atom. The van der Waals surface area contributed by atoms with Crippen LogP contribution in [-0.2, 0) is 11.8 Å². The number of aryl methyl sites for hydroxylation is 1. The third-order valence-corrected chi connectivity index (χ3v) is 6.39. The molecule has 1 aromatic heterocycles. The zero-order chi connectivity index (χ0) is 20.8. The second-order valence-electron chi connectivity index (χ2n) is 8.11. The van der Waals surface area contributed by atoms with E-state index in [1.165, 1.54) is 29.8 Å². The van der Waals surface area contributed by atoms with Crippen LogP contribution in [0.25, 0.3) is 0 Å². The first-order valence-corrected chi connectivity index (χ1v) is 9.78. The Kier molecular flexibility index (Phi) is 4.78. The number of aliphatic hydroxyl groups is 1. The second-order valence-corrected chi connectivity index (χ2v) is 8.11. The van der Waals surface area contributed by atoms with E-state index in [4.69, 9.17) is 0 Å². The van der Waals surface area contributed by atoms with Crippen LogP contribution in [0.1, 0.15) is 28.8 Å². The number of carbonyl (C=O) groups excluding carboxylic acids is 2. The summed E-state index contributed by atoms with van der Waals surface area (Å²) in [5.74, 6) is -0.178. The van der Waals surface area contributed by atoms with E-state index in [0.717, 1.165) is 5.56 Å². The third-order valence-electron chi connectivity index (χ3n) is 6.39. The van der Waals surface area contributed by atoms with Crippen LogP contribution in [0.5, 0.6) is 0 Å². The lowest BCUT2D eigenvalue weighted by atomic mass is 9.95. The Morgan fingerprint density at radius 1 is 1.21 bits per heavy atom. The number of nitrogens with one attached hydrogen (secondary N) is 1. The van der Waals surface area contributed by atoms with E-state index in [1.54, 1.807) is 11.9 Å². The highest BCUT2D eigenvalue weighted by Crippen LogP contribution is 2.68. The fraction of sp³-hybridized carbons (Fsp3) is 0.409. The summed E-state index contributed by atoms with van der Waals surface area (Å²) in [4.78, 5) is 37.7. The van der Waals surface area contributed by atoms with Crippen molar-refractivity contribution in [3.8, 4) is 0 Å². The molecule has 2 aliphatic rings. The average molecular weight is 395 g/mol. The van der Waals surface area contributed by atoms with Gasteiger partial charge >= 0.3 is 0 Å². The maximum atomic E-state index is 13.0. The summed E-state index contributed by atoms with van der Waals surface area (Å²) < 4.78 is 1.37. The molecule has 1 saturated carbocycles. The number of aromatic nitrogens is 1. The molecule has 29 heavy (non-hydrogen) atoms. The van der Waals surface area contributed by atoms with Gasteiger partial charge in [0.15, 0.2) is 0 Å². The van der Waals surface area contributed by atoms with Crippen LogP contribution < -0.4 is 10.9 Å². The number of amides is 2. The summed E-state index contributed by atoms with van der Waals surface area (Å²) in [7, 11) is 1.61. The molecular weight excluding hydrogens is 370 g/mol. The van der Waals surface area contributed by atoms with E-state index in [1.807, 2.05) is 30.3 Å². The van der Waals surface area contributed by atoms with Crippen LogP contribution >= 0.6 is 0 Å². The zero-order valence-electron chi connectivity index (χ0n) is 16.5. The van der Waals surface area contributed by atoms with E-state index in [2.05, 4.69) is 5.32 Å². The first-order chi connectivity index (χ1) is 13.8. The Morgan fingerprint density at radius 2 is 1.93 bits per heavy atom. The van der Waals surface area contributed by atoms with Gasteiger partial charge in [-0.1, -0.05) is 30.3 Å². The number of aliphatic hydroxyl groups excluding tert-OH is 1. The average Bonchev–Trinajstić information content (AvgIpc) is 3.22. The van der Waals surface area contributed by atoms with Gasteiger partial charge in [0.25, 0.3) is 5.91 Å². The number of pyridine rings is 1. The van der Waals surface area contributed by atoms with Crippen molar-refractivity contribution >= 4 is 11.8 Å². The fourth-order valence-corrected chi connectivity index (χ4v) is 4.91. The lowest BCUT2D eigenvalue weighted by Gasteiger charge is -2.17. The van der Waals surface area contributed by atoms with Crippen molar-refractivity contribution in [3.63, 3.8) is 0 Å². The van der Waals surface area contributed by atoms with Gasteiger partial charge in [0, 0.05) is 51.3 Å². The second kappa shape index (κ2) is 7.15. The molecule has 7 nitrogen and oxygen atoms in total. The number of likely N-dealkylation sites (tertiary alicyclic amines) is 1. The molecule has 1 aliphatic heterocycles. The number of hydrogen-bond acceptors (Lipinski definition) is 4. The topological polar surface area (TPSA) is 91.6 Å². The van der Waals surface area contributed by atoms with Crippen molar-refractivity contribution in [2.75, 3.05) is 19.6 Å². The highest BCUT2D eigenvalue weighted by Gasteiger charge is 2.71. The number of benzene rings is 1. The van der Waals surface area contributed by atoms with Crippen molar-refractivity contribution in [1.29, 1.82) is 0 Å². The SMILES string of the molecule is CC(=O)NC[C@@H]1[C@@H](c2ccccc2)[C@]12CN(C(=O)c1ccc(=O)n(C)c1)C[C@H]2O. The quantitative estimate of drug-likeness (QED) is 0.799. The van der Waals surface area contributed by atoms with Gasteiger partial charge in [-0.25, -0.2) is 0 Å². The summed E-state index contributed by atoms with van der Waals surface area (Å²) in [6.07, 6.45) is 0.848. The van der Waals surface area contributed by atoms with E-state index < -0.39 is 11.5 Å². The molecule has 152 valence electrons. The molecule has 2 fully saturated rings. The Balaban J connectivity index is 1.60. The maximum Gasteiger partial charge on any atom is 0.255 e. The van der Waals surface area contributed by atoms with Gasteiger partial charge in [-0.15, -0.1) is 0 Å². The van der Waals surface area contributed by atoms with Crippen molar-refractivity contribution in [1.82, 2.24) is 14.8 Å². The molecule has 0 radical (unpaired) electrons. The van der Waals surface area contributed by atoms with Gasteiger partial charge in [0.1, 0.15) is 0 Å². The molecule has 4 rings (SSSR count). The van der Waals surface area contributed by atoms with Gasteiger partial charge in [-0.2, -0.15) is 0 Å². The first-order valence-electron chi connectivity index (χ1n) is 9.78. The zero-order valence-corrected chi connectivity index (χ0v) is 16.5. The van der Waals surface area contributed by atoms with Crippen LogP contribution in [0.15, 0.2) is 53.5 Å². The van der Waals surface area contributed by atoms with Gasteiger partial charge in [0.05, 0.1) is 11.7 Å². The van der Waals surface area contributed by atoms with E-state index in [9.17, 15) is 19.5 Å². The Hall–Kier alpha value is -2.93. The minimum Gasteiger partial charge on any atom is -0.391 e. The minimum absolute atomic E-state index is 0.0572. The third kappa shape index (κ3) is 3.25. The normalized spacial score (nSPS) is 27.8. The lowest BCUT2D eigenvalue weighted by molar-refractivity contribution is -0.119. The summed E-state index contributed by atoms with van der Waals surface area (Å²) in [6, 6.07) is 12.8. The van der Waals surface area contributed by atoms with Crippen LogP contribution in [0.4, 0.5) is 0 Å². The summed E-state index contributed by atoms with van der Waals surface area (Å²) in [5.41, 5.74) is 0.881. The highest BCUT2D eigenvalue weighted by molar-refractivity contribution is 5.94. The summed E-state index contributed by atoms with van der Waals surface area (Å²) in [5, 5.41) is 13.9. The molecule has 4 atom stereocenters. The fourth-order valence-electron chi connectivity index (χ4n) is 4.91. The Labute approximate surface area is 169 Å². The van der Waals surface area contributed by atoms with Crippen LogP contribution in [-0.4, -0.2) is 52.1 Å². The number of nitrogens with zero attached hydrogens (tertiary/aromatic N) is 2. The standard InChI is InChI=1S/C22H25N3O4/c1-14(26)23-10-17-20(15-6-4-3-5-7-15)22(17)13-25(12-18(22)27)21(29)16-8-9-19(28)24(2)11-16/h3-9,11,17-18,20,27H,10,12-13H2,1-2H3,(H,23,26)/t17-,18-,20-,22-/m1/s1. The predicted octanol–water partition coefficient (Wildman–Crippen LogP) is 0.738. The van der Waals surface area contributed by atoms with Gasteiger partial charge in [0.2, 0.25) is 11.5 Å². The van der Waals surface area contributed by atoms with E-state index in [0.29, 0.717) is 18.7 Å². The predicted molar refractivity (Wildman–Crippen MR) is 107 cm³/mol. The molecular formula is C22H25N3O4. The molecule has 1 spiro atoms. The van der Waals surface area contributed by atoms with Crippen molar-refractivity contribution in [2.45, 2.75) is 18.9 Å². The molecule has 1 saturated heterocycles. The summed E-state index contributed by atoms with van der Waals surface area (Å²) in [6.45, 7) is 2.60. The van der Waals surface area contributed by atoms with E-state index >= 15 is 0 Å². The maximum absolute atomic E-state index is 13.0. The van der Waals surface area contributed by atoms with Crippen molar-refractivity contribution in [2.24, 2.45) is 18.4 Å². The molecule has 2 amide bonds. The largest absolute Gasteiger partial charge is 0.391 e. The monoisotopic (exact) mass is 395 g/mol. The van der Waals surface area contributed by atoms with Gasteiger partial charge < -0.3 is 19.9 Å². The van der Waals surface area contributed by atoms with Gasteiger partial charge in [-0.05, 0) is 23.5 Å². The van der Waals surface area contributed by atoms with E-state index in [-0.39, 0.29) is 35.8 Å². The van der Waals surface area contributed by atoms with Crippen molar-refractivity contribution < 1.29 is 14.7 Å². The number of β-amino-alcohol motifs (C(OH)–C–C–N with tert-alkyl or cyclic N) is 1. The molecule has 0 bridgehead atoms. The number of carbonyl (C=O) groups is 2. The molecule has 0 unspecified atom stereocenters. The molecule has 2 heterocycles. The number of hydrogen-bond donors (Lipinski definition) is 2. The first kappa shape index (κ1) is 19.4. The molecule has 2 aromatic rings. The van der Waals surface area contributed by atoms with Crippen molar-refractivity contribution in [3.05, 3.63) is 70.1 Å². The molecule has 1 aromatic carbocycles. The molecule has 2 N–H and O–H groups in total. The molecule has 1 aliphatic carbocycles. The van der Waals surface area contributed by atoms with Crippen LogP contribution in [0, 0.1) is 11.3 Å². The number of rotatable bonds is 4. The Bertz CT molecular complexity index is 1000.